The first-order valence-corrected chi connectivity index (χ1v) is 6.54. The zero-order valence-corrected chi connectivity index (χ0v) is 11.4. The van der Waals surface area contributed by atoms with Crippen molar-refractivity contribution in [3.8, 4) is 5.75 Å². The van der Waals surface area contributed by atoms with Gasteiger partial charge in [0.2, 0.25) is 0 Å². The number of halogens is 1. The van der Waals surface area contributed by atoms with Crippen LogP contribution in [0.3, 0.4) is 0 Å². The lowest BCUT2D eigenvalue weighted by atomic mass is 10.2. The van der Waals surface area contributed by atoms with Gasteiger partial charge in [0.15, 0.2) is 6.10 Å². The molecule has 0 bridgehead atoms. The number of benzene rings is 1. The fourth-order valence-corrected chi connectivity index (χ4v) is 1.57. The smallest absolute Gasteiger partial charge is 0.260 e. The monoisotopic (exact) mass is 268 g/mol. The summed E-state index contributed by atoms with van der Waals surface area (Å²) in [4.78, 5) is 11.7. The van der Waals surface area contributed by atoms with Crippen LogP contribution in [0.2, 0.25) is 0 Å². The molecule has 1 amide bonds. The Kier molecular flexibility index (Phi) is 6.12. The largest absolute Gasteiger partial charge is 0.481 e. The van der Waals surface area contributed by atoms with E-state index in [1.807, 2.05) is 0 Å². The van der Waals surface area contributed by atoms with Gasteiger partial charge in [-0.15, -0.1) is 0 Å². The molecule has 1 atom stereocenters. The van der Waals surface area contributed by atoms with Crippen LogP contribution in [-0.2, 0) is 4.79 Å². The van der Waals surface area contributed by atoms with Gasteiger partial charge in [-0.3, -0.25) is 4.79 Å². The number of ether oxygens (including phenoxy) is 1. The maximum atomic E-state index is 13.2. The Morgan fingerprint density at radius 2 is 2.21 bits per heavy atom. The molecule has 0 aromatic heterocycles. The molecule has 0 heterocycles. The predicted molar refractivity (Wildman–Crippen MR) is 73.4 cm³/mol. The molecule has 1 unspecified atom stereocenters. The topological polar surface area (TPSA) is 64.3 Å². The van der Waals surface area contributed by atoms with Crippen LogP contribution in [0, 0.1) is 5.82 Å². The molecule has 1 aromatic rings. The minimum atomic E-state index is -0.662. The molecule has 0 saturated carbocycles. The molecule has 4 nitrogen and oxygen atoms in total. The molecule has 0 fully saturated rings. The number of hydrogen-bond donors (Lipinski definition) is 2. The van der Waals surface area contributed by atoms with E-state index in [2.05, 4.69) is 12.2 Å². The normalized spacial score (nSPS) is 11.9. The van der Waals surface area contributed by atoms with Crippen LogP contribution >= 0.6 is 0 Å². The van der Waals surface area contributed by atoms with Gasteiger partial charge in [0.25, 0.3) is 5.91 Å². The quantitative estimate of drug-likeness (QED) is 0.590. The molecule has 0 aliphatic carbocycles. The van der Waals surface area contributed by atoms with E-state index in [0.29, 0.717) is 12.3 Å². The predicted octanol–water partition coefficient (Wildman–Crippen LogP) is 2.48. The molecular weight excluding hydrogens is 247 g/mol. The van der Waals surface area contributed by atoms with Crippen LogP contribution in [0.4, 0.5) is 10.1 Å². The van der Waals surface area contributed by atoms with Crippen molar-refractivity contribution in [3.63, 3.8) is 0 Å². The summed E-state index contributed by atoms with van der Waals surface area (Å²) in [5.41, 5.74) is 5.42. The molecule has 1 aromatic carbocycles. The third kappa shape index (κ3) is 5.16. The third-order valence-electron chi connectivity index (χ3n) is 2.73. The fraction of sp³-hybridized carbons (Fsp3) is 0.500. The van der Waals surface area contributed by atoms with Crippen molar-refractivity contribution in [1.82, 2.24) is 5.32 Å². The Bertz CT molecular complexity index is 424. The summed E-state index contributed by atoms with van der Waals surface area (Å²) in [6, 6.07) is 4.13. The van der Waals surface area contributed by atoms with Crippen LogP contribution in [0.5, 0.6) is 5.75 Å². The molecule has 0 aliphatic rings. The number of unbranched alkanes of at least 4 members (excludes halogenated alkanes) is 2. The van der Waals surface area contributed by atoms with Crippen LogP contribution < -0.4 is 15.8 Å². The molecule has 106 valence electrons. The minimum Gasteiger partial charge on any atom is -0.481 e. The number of carbonyl (C=O) groups is 1. The van der Waals surface area contributed by atoms with Crippen molar-refractivity contribution in [2.45, 2.75) is 39.2 Å². The molecule has 5 heteroatoms. The molecule has 0 saturated heterocycles. The molecule has 3 N–H and O–H groups in total. The zero-order valence-electron chi connectivity index (χ0n) is 11.4. The van der Waals surface area contributed by atoms with Gasteiger partial charge in [0, 0.05) is 12.6 Å². The van der Waals surface area contributed by atoms with E-state index in [1.54, 1.807) is 13.0 Å². The summed E-state index contributed by atoms with van der Waals surface area (Å²) < 4.78 is 18.6. The fourth-order valence-electron chi connectivity index (χ4n) is 1.57. The lowest BCUT2D eigenvalue weighted by Crippen LogP contribution is -2.36. The van der Waals surface area contributed by atoms with Crippen LogP contribution in [0.1, 0.15) is 33.1 Å². The SMILES string of the molecule is CCCCCNC(=O)C(C)Oc1ccc(N)c(F)c1. The van der Waals surface area contributed by atoms with Crippen LogP contribution in [0.25, 0.3) is 0 Å². The highest BCUT2D eigenvalue weighted by Crippen LogP contribution is 2.19. The van der Waals surface area contributed by atoms with Crippen molar-refractivity contribution in [1.29, 1.82) is 0 Å². The third-order valence-corrected chi connectivity index (χ3v) is 2.73. The average Bonchev–Trinajstić information content (AvgIpc) is 2.38. The second-order valence-corrected chi connectivity index (χ2v) is 4.44. The van der Waals surface area contributed by atoms with E-state index in [4.69, 9.17) is 10.5 Å². The second kappa shape index (κ2) is 7.61. The summed E-state index contributed by atoms with van der Waals surface area (Å²) in [5, 5.41) is 2.78. The van der Waals surface area contributed by atoms with Gasteiger partial charge in [-0.25, -0.2) is 4.39 Å². The van der Waals surface area contributed by atoms with E-state index >= 15 is 0 Å². The van der Waals surface area contributed by atoms with Crippen LogP contribution in [0.15, 0.2) is 18.2 Å². The summed E-state index contributed by atoms with van der Waals surface area (Å²) >= 11 is 0. The first-order chi connectivity index (χ1) is 9.04. The second-order valence-electron chi connectivity index (χ2n) is 4.44. The van der Waals surface area contributed by atoms with E-state index in [1.165, 1.54) is 12.1 Å². The van der Waals surface area contributed by atoms with E-state index in [0.717, 1.165) is 19.3 Å². The molecular formula is C14H21FN2O2. The van der Waals surface area contributed by atoms with Gasteiger partial charge in [0.1, 0.15) is 11.6 Å². The van der Waals surface area contributed by atoms with Gasteiger partial charge in [-0.2, -0.15) is 0 Å². The van der Waals surface area contributed by atoms with Crippen molar-refractivity contribution in [2.75, 3.05) is 12.3 Å². The zero-order chi connectivity index (χ0) is 14.3. The van der Waals surface area contributed by atoms with Gasteiger partial charge < -0.3 is 15.8 Å². The molecule has 0 radical (unpaired) electrons. The molecule has 1 rings (SSSR count). The van der Waals surface area contributed by atoms with E-state index < -0.39 is 11.9 Å². The van der Waals surface area contributed by atoms with E-state index in [-0.39, 0.29) is 11.6 Å². The van der Waals surface area contributed by atoms with Gasteiger partial charge in [-0.1, -0.05) is 19.8 Å². The first-order valence-electron chi connectivity index (χ1n) is 6.54. The summed E-state index contributed by atoms with van der Waals surface area (Å²) in [5.74, 6) is -0.454. The Morgan fingerprint density at radius 3 is 2.84 bits per heavy atom. The lowest BCUT2D eigenvalue weighted by Gasteiger charge is -2.15. The van der Waals surface area contributed by atoms with Gasteiger partial charge in [0.05, 0.1) is 5.69 Å². The first kappa shape index (κ1) is 15.3. The highest BCUT2D eigenvalue weighted by atomic mass is 19.1. The Hall–Kier alpha value is -1.78. The summed E-state index contributed by atoms with van der Waals surface area (Å²) in [7, 11) is 0. The number of nitrogens with two attached hydrogens (primary N) is 1. The number of amides is 1. The number of anilines is 1. The number of hydrogen-bond acceptors (Lipinski definition) is 3. The standard InChI is InChI=1S/C14H21FN2O2/c1-3-4-5-8-17-14(18)10(2)19-11-6-7-13(16)12(15)9-11/h6-7,9-10H,3-5,8,16H2,1-2H3,(H,17,18). The van der Waals surface area contributed by atoms with Crippen molar-refractivity contribution >= 4 is 11.6 Å². The molecule has 0 spiro atoms. The molecule has 19 heavy (non-hydrogen) atoms. The van der Waals surface area contributed by atoms with Gasteiger partial charge in [-0.05, 0) is 25.5 Å². The van der Waals surface area contributed by atoms with Crippen molar-refractivity contribution in [2.24, 2.45) is 0 Å². The minimum absolute atomic E-state index is 0.0593. The number of rotatable bonds is 7. The maximum absolute atomic E-state index is 13.2. The number of nitrogen functional groups attached to an aromatic ring is 1. The highest BCUT2D eigenvalue weighted by Gasteiger charge is 2.14. The Morgan fingerprint density at radius 1 is 1.47 bits per heavy atom. The van der Waals surface area contributed by atoms with E-state index in [9.17, 15) is 9.18 Å². The average molecular weight is 268 g/mol. The van der Waals surface area contributed by atoms with Gasteiger partial charge >= 0.3 is 0 Å². The van der Waals surface area contributed by atoms with Crippen LogP contribution in [-0.4, -0.2) is 18.6 Å². The Labute approximate surface area is 113 Å². The Balaban J connectivity index is 2.42. The summed E-state index contributed by atoms with van der Waals surface area (Å²) in [6.07, 6.45) is 2.47. The summed E-state index contributed by atoms with van der Waals surface area (Å²) in [6.45, 7) is 4.36. The van der Waals surface area contributed by atoms with Crippen molar-refractivity contribution < 1.29 is 13.9 Å². The van der Waals surface area contributed by atoms with Crippen molar-refractivity contribution in [3.05, 3.63) is 24.0 Å². The lowest BCUT2D eigenvalue weighted by molar-refractivity contribution is -0.127. The molecule has 0 aliphatic heterocycles. The highest BCUT2D eigenvalue weighted by molar-refractivity contribution is 5.80. The number of nitrogens with one attached hydrogen (secondary N) is 1. The maximum Gasteiger partial charge on any atom is 0.260 e. The number of carbonyl (C=O) groups excluding carboxylic acids is 1.